The van der Waals surface area contributed by atoms with Crippen LogP contribution in [0.1, 0.15) is 58.6 Å². The number of allylic oxidation sites excluding steroid dienone is 2. The maximum absolute atomic E-state index is 13.6. The zero-order chi connectivity index (χ0) is 25.5. The Bertz CT molecular complexity index is 953. The molecule has 2 aromatic carbocycles. The van der Waals surface area contributed by atoms with Crippen molar-refractivity contribution in [3.05, 3.63) is 89.0 Å². The van der Waals surface area contributed by atoms with Crippen LogP contribution in [0.15, 0.2) is 66.3 Å². The quantitative estimate of drug-likeness (QED) is 0.356. The predicted octanol–water partition coefficient (Wildman–Crippen LogP) is 5.82. The molecule has 0 unspecified atom stereocenters. The highest BCUT2D eigenvalue weighted by atomic mass is 19.1. The molecule has 34 heavy (non-hydrogen) atoms. The molecule has 2 atom stereocenters. The van der Waals surface area contributed by atoms with Crippen LogP contribution in [0.25, 0.3) is 5.57 Å². The van der Waals surface area contributed by atoms with Crippen LogP contribution in [0, 0.1) is 17.6 Å². The highest BCUT2D eigenvalue weighted by molar-refractivity contribution is 5.83. The second-order valence-corrected chi connectivity index (χ2v) is 9.61. The molecule has 0 saturated carbocycles. The minimum atomic E-state index is -1.06. The maximum atomic E-state index is 13.6. The Morgan fingerprint density at radius 1 is 0.941 bits per heavy atom. The van der Waals surface area contributed by atoms with Crippen LogP contribution < -0.4 is 0 Å². The van der Waals surface area contributed by atoms with Crippen molar-refractivity contribution >= 4 is 11.5 Å². The molecule has 184 valence electrons. The van der Waals surface area contributed by atoms with Gasteiger partial charge >= 0.3 is 5.97 Å². The normalized spacial score (nSPS) is 13.7. The monoisotopic (exact) mass is 472 g/mol. The molecule has 0 bridgehead atoms. The third-order valence-corrected chi connectivity index (χ3v) is 5.01. The van der Waals surface area contributed by atoms with Crippen LogP contribution in [0.2, 0.25) is 0 Å². The highest BCUT2D eigenvalue weighted by Gasteiger charge is 2.21. The second-order valence-electron chi connectivity index (χ2n) is 9.61. The van der Waals surface area contributed by atoms with E-state index in [1.54, 1.807) is 57.2 Å². The fourth-order valence-electron chi connectivity index (χ4n) is 3.53. The zero-order valence-corrected chi connectivity index (χ0v) is 20.4. The third-order valence-electron chi connectivity index (χ3n) is 5.01. The van der Waals surface area contributed by atoms with E-state index in [4.69, 9.17) is 4.74 Å². The summed E-state index contributed by atoms with van der Waals surface area (Å²) in [6, 6.07) is 12.1. The smallest absolute Gasteiger partial charge is 0.308 e. The van der Waals surface area contributed by atoms with Crippen molar-refractivity contribution in [2.45, 2.75) is 65.3 Å². The van der Waals surface area contributed by atoms with E-state index in [1.807, 2.05) is 13.8 Å². The Hall–Kier alpha value is -2.83. The second kappa shape index (κ2) is 12.0. The molecule has 0 spiro atoms. The number of ether oxygens (including phenoxy) is 1. The first-order valence-corrected chi connectivity index (χ1v) is 11.4. The largest absolute Gasteiger partial charge is 0.460 e. The molecule has 0 fully saturated rings. The molecule has 0 aliphatic carbocycles. The van der Waals surface area contributed by atoms with Crippen molar-refractivity contribution in [2.75, 3.05) is 0 Å². The van der Waals surface area contributed by atoms with Gasteiger partial charge in [-0.25, -0.2) is 8.78 Å². The molecule has 4 nitrogen and oxygen atoms in total. The molecular formula is C28H34F2O4. The van der Waals surface area contributed by atoms with E-state index in [0.717, 1.165) is 22.3 Å². The first-order chi connectivity index (χ1) is 15.9. The summed E-state index contributed by atoms with van der Waals surface area (Å²) in [6.07, 6.45) is 0.997. The lowest BCUT2D eigenvalue weighted by Gasteiger charge is -2.21. The van der Waals surface area contributed by atoms with Crippen LogP contribution in [-0.2, 0) is 9.53 Å². The number of aliphatic hydroxyl groups is 2. The number of carbonyl (C=O) groups excluding carboxylic acids is 1. The van der Waals surface area contributed by atoms with Crippen molar-refractivity contribution in [1.82, 2.24) is 0 Å². The molecule has 0 aliphatic rings. The third kappa shape index (κ3) is 8.84. The van der Waals surface area contributed by atoms with E-state index in [-0.39, 0.29) is 30.4 Å². The van der Waals surface area contributed by atoms with Crippen LogP contribution in [0.4, 0.5) is 8.78 Å². The Kier molecular flexibility index (Phi) is 9.71. The zero-order valence-electron chi connectivity index (χ0n) is 20.4. The molecule has 2 rings (SSSR count). The first kappa shape index (κ1) is 27.4. The van der Waals surface area contributed by atoms with Gasteiger partial charge in [-0.1, -0.05) is 50.3 Å². The molecular weight excluding hydrogens is 438 g/mol. The summed E-state index contributed by atoms with van der Waals surface area (Å²) in [5.74, 6) is -1.24. The van der Waals surface area contributed by atoms with E-state index >= 15 is 0 Å². The van der Waals surface area contributed by atoms with E-state index in [2.05, 4.69) is 0 Å². The summed E-state index contributed by atoms with van der Waals surface area (Å²) in [6.45, 7) is 9.20. The summed E-state index contributed by atoms with van der Waals surface area (Å²) in [5.41, 5.74) is 2.48. The van der Waals surface area contributed by atoms with Gasteiger partial charge in [0.1, 0.15) is 17.2 Å². The minimum Gasteiger partial charge on any atom is -0.460 e. The highest BCUT2D eigenvalue weighted by Crippen LogP contribution is 2.32. The Labute approximate surface area is 200 Å². The molecule has 2 N–H and O–H groups in total. The maximum Gasteiger partial charge on any atom is 0.308 e. The van der Waals surface area contributed by atoms with Crippen LogP contribution >= 0.6 is 0 Å². The topological polar surface area (TPSA) is 66.8 Å². The number of aliphatic hydroxyl groups excluding tert-OH is 2. The van der Waals surface area contributed by atoms with Gasteiger partial charge in [0.2, 0.25) is 0 Å². The van der Waals surface area contributed by atoms with E-state index in [0.29, 0.717) is 0 Å². The summed E-state index contributed by atoms with van der Waals surface area (Å²) in [4.78, 5) is 11.9. The van der Waals surface area contributed by atoms with Gasteiger partial charge < -0.3 is 14.9 Å². The van der Waals surface area contributed by atoms with E-state index in [1.165, 1.54) is 24.3 Å². The number of esters is 1. The first-order valence-electron chi connectivity index (χ1n) is 11.4. The van der Waals surface area contributed by atoms with Gasteiger partial charge in [0.15, 0.2) is 0 Å². The SMILES string of the molecule is CC(C)C(C=C[C@@H](O)C[C@@H](O)CC(=O)OC(C)(C)C)=C(c1ccc(F)cc1)c1ccc(F)cc1. The van der Waals surface area contributed by atoms with Crippen molar-refractivity contribution in [1.29, 1.82) is 0 Å². The van der Waals surface area contributed by atoms with E-state index in [9.17, 15) is 23.8 Å². The fourth-order valence-corrected chi connectivity index (χ4v) is 3.53. The van der Waals surface area contributed by atoms with Gasteiger partial charge in [0.05, 0.1) is 18.6 Å². The van der Waals surface area contributed by atoms with Gasteiger partial charge in [-0.05, 0) is 73.2 Å². The number of hydrogen-bond acceptors (Lipinski definition) is 4. The fraction of sp³-hybridized carbons (Fsp3) is 0.393. The Morgan fingerprint density at radius 2 is 1.41 bits per heavy atom. The number of rotatable bonds is 9. The van der Waals surface area contributed by atoms with Crippen molar-refractivity contribution in [3.8, 4) is 0 Å². The van der Waals surface area contributed by atoms with Crippen LogP contribution in [0.3, 0.4) is 0 Å². The number of carbonyl (C=O) groups is 1. The molecule has 0 heterocycles. The number of hydrogen-bond donors (Lipinski definition) is 2. The van der Waals surface area contributed by atoms with Gasteiger partial charge in [-0.3, -0.25) is 4.79 Å². The number of halogens is 2. The average Bonchev–Trinajstić information content (AvgIpc) is 2.71. The molecule has 0 aromatic heterocycles. The van der Waals surface area contributed by atoms with Crippen LogP contribution in [-0.4, -0.2) is 34.0 Å². The van der Waals surface area contributed by atoms with Gasteiger partial charge in [0, 0.05) is 6.42 Å². The minimum absolute atomic E-state index is 0.0141. The molecule has 0 aliphatic heterocycles. The van der Waals surface area contributed by atoms with Crippen molar-refractivity contribution in [2.24, 2.45) is 5.92 Å². The molecule has 6 heteroatoms. The van der Waals surface area contributed by atoms with Gasteiger partial charge in [-0.2, -0.15) is 0 Å². The Morgan fingerprint density at radius 3 is 1.82 bits per heavy atom. The lowest BCUT2D eigenvalue weighted by molar-refractivity contribution is -0.157. The molecule has 2 aromatic rings. The summed E-state index contributed by atoms with van der Waals surface area (Å²) in [5, 5.41) is 20.7. The molecule has 0 saturated heterocycles. The summed E-state index contributed by atoms with van der Waals surface area (Å²) < 4.78 is 32.3. The Balaban J connectivity index is 2.32. The molecule has 0 radical (unpaired) electrons. The number of benzene rings is 2. The van der Waals surface area contributed by atoms with Gasteiger partial charge in [0.25, 0.3) is 0 Å². The van der Waals surface area contributed by atoms with Crippen LogP contribution in [0.5, 0.6) is 0 Å². The molecule has 0 amide bonds. The van der Waals surface area contributed by atoms with E-state index < -0.39 is 23.8 Å². The van der Waals surface area contributed by atoms with Gasteiger partial charge in [-0.15, -0.1) is 0 Å². The summed E-state index contributed by atoms with van der Waals surface area (Å²) >= 11 is 0. The van der Waals surface area contributed by atoms with Crippen molar-refractivity contribution < 1.29 is 28.5 Å². The predicted molar refractivity (Wildman–Crippen MR) is 130 cm³/mol. The summed E-state index contributed by atoms with van der Waals surface area (Å²) in [7, 11) is 0. The standard InChI is InChI=1S/C28H34F2O4/c1-18(2)25(15-14-23(31)16-24(32)17-26(33)34-28(3,4)5)27(19-6-10-21(29)11-7-19)20-8-12-22(30)13-9-20/h6-15,18,23-24,31-32H,16-17H2,1-5H3/t23-,24-/m1/s1. The lowest BCUT2D eigenvalue weighted by Crippen LogP contribution is -2.27. The average molecular weight is 473 g/mol. The van der Waals surface area contributed by atoms with Crippen molar-refractivity contribution in [3.63, 3.8) is 0 Å². The lowest BCUT2D eigenvalue weighted by atomic mass is 9.87.